The van der Waals surface area contributed by atoms with Gasteiger partial charge in [0.1, 0.15) is 0 Å². The number of hydrogen-bond donors (Lipinski definition) is 0. The van der Waals surface area contributed by atoms with Crippen molar-refractivity contribution in [3.63, 3.8) is 0 Å². The largest absolute Gasteiger partial charge is 1.00 e. The van der Waals surface area contributed by atoms with E-state index in [1.165, 1.54) is 13.8 Å². The van der Waals surface area contributed by atoms with Gasteiger partial charge in [-0.3, -0.25) is 9.59 Å². The van der Waals surface area contributed by atoms with Gasteiger partial charge in [-0.1, -0.05) is 0 Å². The van der Waals surface area contributed by atoms with Gasteiger partial charge < -0.3 is 10.2 Å². The van der Waals surface area contributed by atoms with Crippen LogP contribution in [0.2, 0.25) is 0 Å². The standard InChI is InChI=1S/C4H6O3.Na.H2O/c1-3(5)7-4(2)6;;/h1-2H3;;1H2/q;+1;/p-1. The van der Waals surface area contributed by atoms with Crippen molar-refractivity contribution in [3.8, 4) is 0 Å². The average molecular weight is 142 g/mol. The Kier molecular flexibility index (Phi) is 14.4. The second-order valence-electron chi connectivity index (χ2n) is 1.09. The van der Waals surface area contributed by atoms with E-state index in [9.17, 15) is 9.59 Å². The van der Waals surface area contributed by atoms with Crippen LogP contribution in [0.4, 0.5) is 0 Å². The summed E-state index contributed by atoms with van der Waals surface area (Å²) in [6.07, 6.45) is 0. The molecule has 4 nitrogen and oxygen atoms in total. The molecule has 0 rings (SSSR count). The van der Waals surface area contributed by atoms with Crippen molar-refractivity contribution in [2.75, 3.05) is 0 Å². The third-order valence-corrected chi connectivity index (χ3v) is 0.287. The van der Waals surface area contributed by atoms with Crippen molar-refractivity contribution in [2.24, 2.45) is 0 Å². The molecule has 0 amide bonds. The predicted octanol–water partition coefficient (Wildman–Crippen LogP) is -3.08. The summed E-state index contributed by atoms with van der Waals surface area (Å²) >= 11 is 0. The monoisotopic (exact) mass is 142 g/mol. The Bertz CT molecular complexity index is 88.7. The first-order valence-electron chi connectivity index (χ1n) is 1.82. The van der Waals surface area contributed by atoms with Gasteiger partial charge in [-0.25, -0.2) is 0 Å². The van der Waals surface area contributed by atoms with Crippen LogP contribution in [0.1, 0.15) is 13.8 Å². The molecule has 5 heteroatoms. The van der Waals surface area contributed by atoms with Crippen LogP contribution in [0.15, 0.2) is 0 Å². The molecule has 0 fully saturated rings. The summed E-state index contributed by atoms with van der Waals surface area (Å²) in [7, 11) is 0. The molecule has 1 N–H and O–H groups in total. The third kappa shape index (κ3) is 17.9. The first-order chi connectivity index (χ1) is 3.13. The third-order valence-electron chi connectivity index (χ3n) is 0.287. The minimum absolute atomic E-state index is 0. The van der Waals surface area contributed by atoms with Gasteiger partial charge in [-0.05, 0) is 0 Å². The average Bonchev–Trinajstić information content (AvgIpc) is 1.27. The van der Waals surface area contributed by atoms with Crippen LogP contribution in [0, 0.1) is 0 Å². The van der Waals surface area contributed by atoms with Gasteiger partial charge in [0, 0.05) is 13.8 Å². The zero-order valence-electron chi connectivity index (χ0n) is 5.67. The quantitative estimate of drug-likeness (QED) is 0.204. The van der Waals surface area contributed by atoms with Crippen LogP contribution >= 0.6 is 0 Å². The van der Waals surface area contributed by atoms with Crippen molar-refractivity contribution < 1.29 is 49.4 Å². The molecule has 0 radical (unpaired) electrons. The van der Waals surface area contributed by atoms with Crippen LogP contribution in [0.3, 0.4) is 0 Å². The fraction of sp³-hybridized carbons (Fsp3) is 0.500. The molecule has 0 aliphatic rings. The SMILES string of the molecule is CC(=O)OC(C)=O.[Na+].[OH-]. The number of ether oxygens (including phenoxy) is 1. The van der Waals surface area contributed by atoms with Gasteiger partial charge in [-0.2, -0.15) is 0 Å². The van der Waals surface area contributed by atoms with Crippen LogP contribution < -0.4 is 29.6 Å². The summed E-state index contributed by atoms with van der Waals surface area (Å²) in [5, 5.41) is 0. The van der Waals surface area contributed by atoms with E-state index < -0.39 is 11.9 Å². The molecule has 0 aromatic rings. The molecular weight excluding hydrogens is 135 g/mol. The van der Waals surface area contributed by atoms with E-state index in [4.69, 9.17) is 0 Å². The first-order valence-corrected chi connectivity index (χ1v) is 1.82. The molecule has 0 atom stereocenters. The van der Waals surface area contributed by atoms with E-state index >= 15 is 0 Å². The normalized spacial score (nSPS) is 6.00. The summed E-state index contributed by atoms with van der Waals surface area (Å²) in [5.41, 5.74) is 0. The molecule has 9 heavy (non-hydrogen) atoms. The summed E-state index contributed by atoms with van der Waals surface area (Å²) in [4.78, 5) is 19.6. The topological polar surface area (TPSA) is 73.4 Å². The molecule has 0 unspecified atom stereocenters. The minimum atomic E-state index is -0.562. The Labute approximate surface area is 75.2 Å². The maximum absolute atomic E-state index is 9.81. The van der Waals surface area contributed by atoms with Gasteiger partial charge in [0.2, 0.25) is 0 Å². The molecular formula is C4H7NaO4. The first kappa shape index (κ1) is 16.0. The second-order valence-corrected chi connectivity index (χ2v) is 1.09. The van der Waals surface area contributed by atoms with Gasteiger partial charge in [-0.15, -0.1) is 0 Å². The number of carbonyl (C=O) groups is 2. The molecule has 0 aromatic carbocycles. The summed E-state index contributed by atoms with van der Waals surface area (Å²) in [5.74, 6) is -1.12. The zero-order chi connectivity index (χ0) is 5.86. The van der Waals surface area contributed by atoms with Gasteiger partial charge >= 0.3 is 41.5 Å². The van der Waals surface area contributed by atoms with Gasteiger partial charge in [0.25, 0.3) is 0 Å². The van der Waals surface area contributed by atoms with E-state index in [-0.39, 0.29) is 35.0 Å². The van der Waals surface area contributed by atoms with Crippen LogP contribution in [-0.2, 0) is 14.3 Å². The van der Waals surface area contributed by atoms with Gasteiger partial charge in [0.05, 0.1) is 0 Å². The Morgan fingerprint density at radius 1 is 1.11 bits per heavy atom. The van der Waals surface area contributed by atoms with E-state index in [1.54, 1.807) is 0 Å². The molecule has 0 saturated carbocycles. The smallest absolute Gasteiger partial charge is 0.870 e. The second kappa shape index (κ2) is 8.10. The van der Waals surface area contributed by atoms with Crippen molar-refractivity contribution in [1.82, 2.24) is 0 Å². The molecule has 0 saturated heterocycles. The molecule has 0 heterocycles. The van der Waals surface area contributed by atoms with E-state index in [2.05, 4.69) is 4.74 Å². The van der Waals surface area contributed by atoms with Crippen molar-refractivity contribution in [2.45, 2.75) is 13.8 Å². The van der Waals surface area contributed by atoms with Gasteiger partial charge in [0.15, 0.2) is 0 Å². The van der Waals surface area contributed by atoms with Crippen molar-refractivity contribution in [3.05, 3.63) is 0 Å². The van der Waals surface area contributed by atoms with Crippen molar-refractivity contribution in [1.29, 1.82) is 0 Å². The summed E-state index contributed by atoms with van der Waals surface area (Å²) in [6, 6.07) is 0. The Hall–Kier alpha value is 0.1000. The Balaban J connectivity index is -0.000000180. The Morgan fingerprint density at radius 2 is 1.33 bits per heavy atom. The summed E-state index contributed by atoms with van der Waals surface area (Å²) < 4.78 is 3.97. The fourth-order valence-corrected chi connectivity index (χ4v) is 0.202. The Morgan fingerprint density at radius 3 is 1.33 bits per heavy atom. The maximum atomic E-state index is 9.81. The fourth-order valence-electron chi connectivity index (χ4n) is 0.202. The molecule has 0 spiro atoms. The molecule has 48 valence electrons. The molecule has 0 aliphatic heterocycles. The van der Waals surface area contributed by atoms with E-state index in [1.807, 2.05) is 0 Å². The maximum Gasteiger partial charge on any atom is 1.00 e. The number of rotatable bonds is 0. The van der Waals surface area contributed by atoms with Crippen LogP contribution in [0.25, 0.3) is 0 Å². The molecule has 0 aromatic heterocycles. The minimum Gasteiger partial charge on any atom is -0.870 e. The van der Waals surface area contributed by atoms with Crippen molar-refractivity contribution >= 4 is 11.9 Å². The van der Waals surface area contributed by atoms with E-state index in [0.29, 0.717) is 0 Å². The predicted molar refractivity (Wildman–Crippen MR) is 24.4 cm³/mol. The van der Waals surface area contributed by atoms with Crippen LogP contribution in [-0.4, -0.2) is 17.4 Å². The van der Waals surface area contributed by atoms with E-state index in [0.717, 1.165) is 0 Å². The summed E-state index contributed by atoms with van der Waals surface area (Å²) in [6.45, 7) is 2.36. The number of esters is 2. The number of hydrogen-bond acceptors (Lipinski definition) is 4. The number of carbonyl (C=O) groups excluding carboxylic acids is 2. The zero-order valence-corrected chi connectivity index (χ0v) is 7.67. The van der Waals surface area contributed by atoms with Crippen LogP contribution in [0.5, 0.6) is 0 Å². The molecule has 0 bridgehead atoms. The molecule has 0 aliphatic carbocycles.